The smallest absolute Gasteiger partial charge is 0.338 e. The molecule has 0 radical (unpaired) electrons. The molecule has 0 saturated heterocycles. The molecule has 3 aromatic carbocycles. The van der Waals surface area contributed by atoms with Gasteiger partial charge >= 0.3 is 5.97 Å². The number of aromatic amines is 1. The van der Waals surface area contributed by atoms with Crippen LogP contribution in [-0.2, 0) is 9.53 Å². The summed E-state index contributed by atoms with van der Waals surface area (Å²) in [5, 5.41) is 3.98. The lowest BCUT2D eigenvalue weighted by Crippen LogP contribution is -2.23. The molecule has 0 atom stereocenters. The summed E-state index contributed by atoms with van der Waals surface area (Å²) in [4.78, 5) is 46.4. The molecule has 5 aromatic rings. The quantitative estimate of drug-likeness (QED) is 0.169. The first kappa shape index (κ1) is 25.1. The van der Waals surface area contributed by atoms with Crippen LogP contribution in [-0.4, -0.2) is 45.9 Å². The van der Waals surface area contributed by atoms with Gasteiger partial charge in [-0.1, -0.05) is 42.1 Å². The molecule has 0 bridgehead atoms. The number of amides is 1. The van der Waals surface area contributed by atoms with E-state index in [1.54, 1.807) is 49.4 Å². The average molecular weight is 529 g/mol. The van der Waals surface area contributed by atoms with Gasteiger partial charge in [-0.2, -0.15) is 0 Å². The molecule has 2 aromatic heterocycles. The van der Waals surface area contributed by atoms with E-state index in [1.165, 1.54) is 11.7 Å². The second kappa shape index (κ2) is 10.8. The molecule has 1 amide bonds. The number of H-pyrrole nitrogens is 1. The molecule has 192 valence electrons. The zero-order valence-electron chi connectivity index (χ0n) is 20.7. The summed E-state index contributed by atoms with van der Waals surface area (Å²) >= 11 is 1.14. The molecule has 38 heavy (non-hydrogen) atoms. The third-order valence-electron chi connectivity index (χ3n) is 5.83. The highest BCUT2D eigenvalue weighted by atomic mass is 32.2. The summed E-state index contributed by atoms with van der Waals surface area (Å²) in [7, 11) is 1.53. The highest BCUT2D eigenvalue weighted by molar-refractivity contribution is 7.99. The number of benzene rings is 3. The number of nitrogens with one attached hydrogen (secondary N) is 2. The maximum absolute atomic E-state index is 13.7. The first-order valence-corrected chi connectivity index (χ1v) is 12.9. The van der Waals surface area contributed by atoms with E-state index in [0.29, 0.717) is 38.9 Å². The fraction of sp³-hybridized carbons (Fsp3) is 0.143. The summed E-state index contributed by atoms with van der Waals surface area (Å²) in [6.07, 6.45) is 0. The fourth-order valence-corrected chi connectivity index (χ4v) is 4.90. The number of aromatic nitrogens is 3. The number of methoxy groups -OCH3 is 1. The molecular weight excluding hydrogens is 504 g/mol. The molecule has 5 rings (SSSR count). The number of rotatable bonds is 8. The maximum Gasteiger partial charge on any atom is 0.338 e. The van der Waals surface area contributed by atoms with Crippen LogP contribution in [0.3, 0.4) is 0 Å². The average Bonchev–Trinajstić information content (AvgIpc) is 3.31. The van der Waals surface area contributed by atoms with Gasteiger partial charge in [-0.25, -0.2) is 14.3 Å². The van der Waals surface area contributed by atoms with E-state index in [-0.39, 0.29) is 23.8 Å². The normalized spacial score (nSPS) is 11.0. The van der Waals surface area contributed by atoms with Gasteiger partial charge in [0.25, 0.3) is 5.56 Å². The molecule has 2 heterocycles. The van der Waals surface area contributed by atoms with Crippen LogP contribution < -0.4 is 15.6 Å². The van der Waals surface area contributed by atoms with E-state index >= 15 is 0 Å². The van der Waals surface area contributed by atoms with Crippen molar-refractivity contribution in [2.45, 2.75) is 12.1 Å². The SMILES string of the molecule is CCOC(=O)c1ccc(NC(=O)CSc2nc3c([nH]c4ccccc43)c(=O)n2-c2ccccc2OC)cc1. The van der Waals surface area contributed by atoms with Crippen molar-refractivity contribution in [3.63, 3.8) is 0 Å². The van der Waals surface area contributed by atoms with Crippen LogP contribution in [0.4, 0.5) is 5.69 Å². The van der Waals surface area contributed by atoms with Crippen LogP contribution in [0, 0.1) is 0 Å². The Morgan fingerprint density at radius 1 is 1.03 bits per heavy atom. The van der Waals surface area contributed by atoms with Crippen LogP contribution in [0.2, 0.25) is 0 Å². The molecule has 0 aliphatic rings. The van der Waals surface area contributed by atoms with E-state index in [2.05, 4.69) is 10.3 Å². The number of hydrogen-bond donors (Lipinski definition) is 2. The lowest BCUT2D eigenvalue weighted by Gasteiger charge is -2.15. The zero-order valence-corrected chi connectivity index (χ0v) is 21.5. The zero-order chi connectivity index (χ0) is 26.6. The van der Waals surface area contributed by atoms with E-state index in [0.717, 1.165) is 22.7 Å². The molecule has 0 saturated carbocycles. The van der Waals surface area contributed by atoms with Crippen molar-refractivity contribution >= 4 is 51.3 Å². The van der Waals surface area contributed by atoms with Gasteiger partial charge in [0.1, 0.15) is 16.8 Å². The van der Waals surface area contributed by atoms with Gasteiger partial charge in [0, 0.05) is 16.6 Å². The monoisotopic (exact) mass is 528 g/mol. The summed E-state index contributed by atoms with van der Waals surface area (Å²) in [5.74, 6) is -0.220. The number of esters is 1. The van der Waals surface area contributed by atoms with Crippen LogP contribution in [0.15, 0.2) is 82.7 Å². The first-order chi connectivity index (χ1) is 18.5. The number of ether oxygens (including phenoxy) is 2. The number of carbonyl (C=O) groups excluding carboxylic acids is 2. The number of anilines is 1. The topological polar surface area (TPSA) is 115 Å². The van der Waals surface area contributed by atoms with E-state index < -0.39 is 5.97 Å². The number of thioether (sulfide) groups is 1. The summed E-state index contributed by atoms with van der Waals surface area (Å²) in [5.41, 5.74) is 2.85. The first-order valence-electron chi connectivity index (χ1n) is 11.9. The minimum Gasteiger partial charge on any atom is -0.495 e. The molecule has 0 fully saturated rings. The minimum atomic E-state index is -0.422. The van der Waals surface area contributed by atoms with Gasteiger partial charge in [0.2, 0.25) is 5.91 Å². The van der Waals surface area contributed by atoms with Crippen LogP contribution >= 0.6 is 11.8 Å². The molecule has 10 heteroatoms. The predicted molar refractivity (Wildman–Crippen MR) is 148 cm³/mol. The van der Waals surface area contributed by atoms with Crippen molar-refractivity contribution in [1.82, 2.24) is 14.5 Å². The Morgan fingerprint density at radius 3 is 2.53 bits per heavy atom. The van der Waals surface area contributed by atoms with Crippen LogP contribution in [0.1, 0.15) is 17.3 Å². The van der Waals surface area contributed by atoms with Crippen LogP contribution in [0.25, 0.3) is 27.6 Å². The highest BCUT2D eigenvalue weighted by Crippen LogP contribution is 2.29. The number of fused-ring (bicyclic) bond motifs is 3. The van der Waals surface area contributed by atoms with Gasteiger partial charge in [0.15, 0.2) is 5.16 Å². The Kier molecular flexibility index (Phi) is 7.14. The largest absolute Gasteiger partial charge is 0.495 e. The van der Waals surface area contributed by atoms with Gasteiger partial charge < -0.3 is 19.8 Å². The Morgan fingerprint density at radius 2 is 1.76 bits per heavy atom. The summed E-state index contributed by atoms with van der Waals surface area (Å²) in [6, 6.07) is 21.2. The van der Waals surface area contributed by atoms with Crippen molar-refractivity contribution < 1.29 is 19.1 Å². The van der Waals surface area contributed by atoms with Crippen molar-refractivity contribution in [3.8, 4) is 11.4 Å². The minimum absolute atomic E-state index is 0.00488. The maximum atomic E-state index is 13.7. The summed E-state index contributed by atoms with van der Waals surface area (Å²) in [6.45, 7) is 2.02. The standard InChI is InChI=1S/C28H24N4O5S/c1-3-37-27(35)17-12-14-18(15-13-17)29-23(33)16-38-28-31-24-19-8-4-5-9-20(19)30-25(24)26(34)32(28)21-10-6-7-11-22(21)36-2/h4-15,30H,3,16H2,1-2H3,(H,29,33). The Bertz CT molecular complexity index is 1710. The van der Waals surface area contributed by atoms with E-state index in [9.17, 15) is 14.4 Å². The number of nitrogens with zero attached hydrogens (tertiary/aromatic N) is 2. The Labute approximate surface area is 221 Å². The summed E-state index contributed by atoms with van der Waals surface area (Å²) < 4.78 is 12.0. The van der Waals surface area contributed by atoms with Crippen molar-refractivity contribution in [2.24, 2.45) is 0 Å². The molecule has 9 nitrogen and oxygen atoms in total. The number of hydrogen-bond acceptors (Lipinski definition) is 7. The fourth-order valence-electron chi connectivity index (χ4n) is 4.10. The molecule has 0 spiro atoms. The number of para-hydroxylation sites is 3. The highest BCUT2D eigenvalue weighted by Gasteiger charge is 2.20. The lowest BCUT2D eigenvalue weighted by molar-refractivity contribution is -0.113. The van der Waals surface area contributed by atoms with Crippen LogP contribution in [0.5, 0.6) is 5.75 Å². The van der Waals surface area contributed by atoms with Crippen molar-refractivity contribution in [1.29, 1.82) is 0 Å². The van der Waals surface area contributed by atoms with Gasteiger partial charge in [-0.15, -0.1) is 0 Å². The van der Waals surface area contributed by atoms with Crippen molar-refractivity contribution in [3.05, 3.63) is 88.7 Å². The lowest BCUT2D eigenvalue weighted by atomic mass is 10.2. The Balaban J connectivity index is 1.47. The second-order valence-corrected chi connectivity index (χ2v) is 9.18. The molecule has 0 aliphatic carbocycles. The van der Waals surface area contributed by atoms with Gasteiger partial charge in [-0.3, -0.25) is 9.59 Å². The van der Waals surface area contributed by atoms with Gasteiger partial charge in [-0.05, 0) is 49.4 Å². The van der Waals surface area contributed by atoms with E-state index in [4.69, 9.17) is 14.5 Å². The predicted octanol–water partition coefficient (Wildman–Crippen LogP) is 4.78. The second-order valence-electron chi connectivity index (χ2n) is 8.24. The molecule has 0 aliphatic heterocycles. The molecular formula is C28H24N4O5S. The van der Waals surface area contributed by atoms with Gasteiger partial charge in [0.05, 0.1) is 30.7 Å². The third-order valence-corrected chi connectivity index (χ3v) is 6.77. The Hall–Kier alpha value is -4.57. The number of carbonyl (C=O) groups is 2. The molecule has 2 N–H and O–H groups in total. The molecule has 0 unspecified atom stereocenters. The van der Waals surface area contributed by atoms with Crippen molar-refractivity contribution in [2.75, 3.05) is 24.8 Å². The van der Waals surface area contributed by atoms with E-state index in [1.807, 2.05) is 30.3 Å². The third kappa shape index (κ3) is 4.85.